The van der Waals surface area contributed by atoms with E-state index in [9.17, 15) is 19.8 Å². The number of aryl methyl sites for hydroxylation is 4. The summed E-state index contributed by atoms with van der Waals surface area (Å²) in [6, 6.07) is 70.1. The zero-order valence-corrected chi connectivity index (χ0v) is 54.9. The maximum Gasteiger partial charge on any atom is 0.343 e. The Balaban J connectivity index is 0.000000154. The number of rotatable bonds is 19. The van der Waals surface area contributed by atoms with E-state index in [1.165, 1.54) is 47.7 Å². The van der Waals surface area contributed by atoms with Crippen LogP contribution in [-0.2, 0) is 58.1 Å². The van der Waals surface area contributed by atoms with Gasteiger partial charge < -0.3 is 47.4 Å². The number of aromatic hydroxyl groups is 2. The fourth-order valence-electron chi connectivity index (χ4n) is 11.0. The van der Waals surface area contributed by atoms with Crippen molar-refractivity contribution in [1.82, 2.24) is 18.3 Å². The Kier molecular flexibility index (Phi) is 24.7. The number of phenols is 2. The molecular weight excluding hydrogens is 1210 g/mol. The fourth-order valence-corrected chi connectivity index (χ4v) is 11.2. The fraction of sp³-hybridized carbons (Fsp3) is 0.190. The molecule has 4 aromatic heterocycles. The van der Waals surface area contributed by atoms with E-state index in [4.69, 9.17) is 14.2 Å². The van der Waals surface area contributed by atoms with E-state index in [0.29, 0.717) is 30.9 Å². The number of alkyl halides is 1. The van der Waals surface area contributed by atoms with Crippen molar-refractivity contribution in [3.63, 3.8) is 0 Å². The molecule has 0 fully saturated rings. The van der Waals surface area contributed by atoms with Gasteiger partial charge in [0.2, 0.25) is 0 Å². The Morgan fingerprint density at radius 1 is 0.435 bits per heavy atom. The largest absolute Gasteiger partial charge is 0.507 e. The van der Waals surface area contributed by atoms with Crippen LogP contribution in [0.15, 0.2) is 244 Å². The molecule has 0 radical (unpaired) electrons. The quantitative estimate of drug-likeness (QED) is 0.0465. The number of ether oxygens (including phenoxy) is 4. The third kappa shape index (κ3) is 17.4. The first kappa shape index (κ1) is 67.7. The molecule has 13 heteroatoms. The second-order valence-corrected chi connectivity index (χ2v) is 22.5. The van der Waals surface area contributed by atoms with Crippen LogP contribution in [0, 0.1) is 27.7 Å². The first-order valence-electron chi connectivity index (χ1n) is 30.4. The van der Waals surface area contributed by atoms with Crippen LogP contribution in [0.1, 0.15) is 56.2 Å². The lowest BCUT2D eigenvalue weighted by Gasteiger charge is -2.13. The van der Waals surface area contributed by atoms with Crippen LogP contribution in [0.25, 0.3) is 43.6 Å². The number of methoxy groups -OCH3 is 2. The van der Waals surface area contributed by atoms with Crippen molar-refractivity contribution < 1.29 is 38.7 Å². The number of carbonyl (C=O) groups excluding carboxylic acids is 2. The Bertz CT molecular complexity index is 4410. The summed E-state index contributed by atoms with van der Waals surface area (Å²) >= 11 is 2.90. The Morgan fingerprint density at radius 2 is 0.826 bits per heavy atom. The summed E-state index contributed by atoms with van der Waals surface area (Å²) in [5.74, 6) is 1.73. The molecule has 0 amide bonds. The molecular formula is C79H81BrN4O8. The summed E-state index contributed by atoms with van der Waals surface area (Å²) in [5.41, 5.74) is 16.1. The number of carbonyl (C=O) groups is 2. The van der Waals surface area contributed by atoms with Crippen molar-refractivity contribution >= 4 is 71.5 Å². The molecule has 12 rings (SSSR count). The van der Waals surface area contributed by atoms with Gasteiger partial charge in [0.1, 0.15) is 34.9 Å². The van der Waals surface area contributed by atoms with Gasteiger partial charge in [0, 0.05) is 70.5 Å². The van der Waals surface area contributed by atoms with Gasteiger partial charge in [-0.3, -0.25) is 4.79 Å². The lowest BCUT2D eigenvalue weighted by Crippen LogP contribution is -2.13. The Labute approximate surface area is 548 Å². The molecule has 0 aliphatic rings. The van der Waals surface area contributed by atoms with Gasteiger partial charge in [0.15, 0.2) is 6.61 Å². The van der Waals surface area contributed by atoms with Crippen LogP contribution < -0.4 is 9.47 Å². The van der Waals surface area contributed by atoms with Crippen LogP contribution in [0.4, 0.5) is 0 Å². The lowest BCUT2D eigenvalue weighted by atomic mass is 10.1. The zero-order chi connectivity index (χ0) is 65.5. The predicted molar refractivity (Wildman–Crippen MR) is 379 cm³/mol. The van der Waals surface area contributed by atoms with E-state index in [1.807, 2.05) is 103 Å². The number of phenolic OH excluding ortho intramolecular Hbond substituents is 2. The molecule has 0 atom stereocenters. The summed E-state index contributed by atoms with van der Waals surface area (Å²) in [6.45, 7) is 23.4. The van der Waals surface area contributed by atoms with E-state index < -0.39 is 5.97 Å². The molecule has 0 aliphatic carbocycles. The minimum Gasteiger partial charge on any atom is -0.507 e. The van der Waals surface area contributed by atoms with Gasteiger partial charge in [0.05, 0.1) is 36.3 Å². The third-order valence-electron chi connectivity index (χ3n) is 15.6. The molecule has 2 N–H and O–H groups in total. The zero-order valence-electron chi connectivity index (χ0n) is 53.4. The monoisotopic (exact) mass is 1290 g/mol. The summed E-state index contributed by atoms with van der Waals surface area (Å²) in [6.07, 6.45) is 6.78. The molecule has 8 aromatic carbocycles. The molecule has 4 heterocycles. The second-order valence-electron chi connectivity index (χ2n) is 22.0. The smallest absolute Gasteiger partial charge is 0.343 e. The van der Waals surface area contributed by atoms with Gasteiger partial charge >= 0.3 is 11.9 Å². The summed E-state index contributed by atoms with van der Waals surface area (Å²) in [7, 11) is 2.71. The van der Waals surface area contributed by atoms with Crippen molar-refractivity contribution in [2.75, 3.05) is 32.8 Å². The van der Waals surface area contributed by atoms with Gasteiger partial charge in [-0.2, -0.15) is 0 Å². The molecule has 0 bridgehead atoms. The number of allylic oxidation sites excluding steroid dienone is 2. The minimum absolute atomic E-state index is 0.108. The van der Waals surface area contributed by atoms with Crippen LogP contribution in [0.2, 0.25) is 0 Å². The Morgan fingerprint density at radius 3 is 1.26 bits per heavy atom. The van der Waals surface area contributed by atoms with Gasteiger partial charge in [0.25, 0.3) is 0 Å². The van der Waals surface area contributed by atoms with Gasteiger partial charge in [-0.15, -0.1) is 13.2 Å². The van der Waals surface area contributed by atoms with Crippen molar-refractivity contribution in [3.05, 3.63) is 300 Å². The number of nitrogens with zero attached hydrogens (tertiary/aromatic N) is 4. The second kappa shape index (κ2) is 33.5. The van der Waals surface area contributed by atoms with E-state index >= 15 is 0 Å². The number of fused-ring (bicyclic) bond motifs is 4. The molecule has 12 nitrogen and oxygen atoms in total. The van der Waals surface area contributed by atoms with Gasteiger partial charge in [-0.25, -0.2) is 4.79 Å². The maximum absolute atomic E-state index is 11.5. The third-order valence-corrected chi connectivity index (χ3v) is 16.1. The average Bonchev–Trinajstić information content (AvgIpc) is 1.67. The number of aromatic nitrogens is 4. The summed E-state index contributed by atoms with van der Waals surface area (Å²) in [4.78, 5) is 21.4. The van der Waals surface area contributed by atoms with Crippen molar-refractivity contribution in [2.45, 2.75) is 66.7 Å². The van der Waals surface area contributed by atoms with E-state index in [1.54, 1.807) is 12.1 Å². The van der Waals surface area contributed by atoms with E-state index in [-0.39, 0.29) is 17.9 Å². The molecule has 472 valence electrons. The molecule has 0 spiro atoms. The van der Waals surface area contributed by atoms with Gasteiger partial charge in [-0.05, 0) is 135 Å². The maximum atomic E-state index is 11.5. The topological polar surface area (TPSA) is 131 Å². The molecule has 0 saturated heterocycles. The molecule has 0 unspecified atom stereocenters. The number of benzene rings is 8. The molecule has 0 saturated carbocycles. The summed E-state index contributed by atoms with van der Waals surface area (Å²) in [5, 5.41) is 24.6. The van der Waals surface area contributed by atoms with Gasteiger partial charge in [-0.1, -0.05) is 186 Å². The van der Waals surface area contributed by atoms with E-state index in [0.717, 1.165) is 104 Å². The van der Waals surface area contributed by atoms with Crippen molar-refractivity contribution in [3.8, 4) is 23.0 Å². The van der Waals surface area contributed by atoms with Crippen molar-refractivity contribution in [2.24, 2.45) is 0 Å². The van der Waals surface area contributed by atoms with Crippen LogP contribution in [0.3, 0.4) is 0 Å². The van der Waals surface area contributed by atoms with Crippen LogP contribution >= 0.6 is 15.9 Å². The highest BCUT2D eigenvalue weighted by atomic mass is 79.9. The highest BCUT2D eigenvalue weighted by Gasteiger charge is 2.17. The van der Waals surface area contributed by atoms with E-state index in [2.05, 4.69) is 196 Å². The van der Waals surface area contributed by atoms with Crippen molar-refractivity contribution in [1.29, 1.82) is 0 Å². The minimum atomic E-state index is -0.396. The lowest BCUT2D eigenvalue weighted by molar-refractivity contribution is -0.143. The first-order valence-corrected chi connectivity index (χ1v) is 31.5. The highest BCUT2D eigenvalue weighted by Crippen LogP contribution is 2.36. The number of halogens is 1. The molecule has 12 aromatic rings. The van der Waals surface area contributed by atoms with Crippen LogP contribution in [0.5, 0.6) is 23.0 Å². The number of hydrogen-bond donors (Lipinski definition) is 2. The molecule has 92 heavy (non-hydrogen) atoms. The summed E-state index contributed by atoms with van der Waals surface area (Å²) < 4.78 is 29.6. The SMILES string of the molecule is C=CCOc1cccc2c1cc(C)n2Cc1ccccc1.C=CCc1ccc2c(cc(C)n2Cc2ccccc2)c1O.C=CCc1ccc2c(cc(C)n2Cc2ccccc2)c1OCC(=O)OC.COC(=O)CBr.Cc1cc2c(O)cccc2n1Cc1ccccc1. The molecule has 0 aliphatic heterocycles. The normalized spacial score (nSPS) is 10.6. The van der Waals surface area contributed by atoms with Crippen LogP contribution in [-0.4, -0.2) is 73.2 Å². The average molecular weight is 1290 g/mol. The first-order chi connectivity index (χ1) is 44.7. The number of esters is 2. The predicted octanol–water partition coefficient (Wildman–Crippen LogP) is 17.5. The Hall–Kier alpha value is -10.2. The highest BCUT2D eigenvalue weighted by molar-refractivity contribution is 9.09. The number of hydrogen-bond acceptors (Lipinski definition) is 8. The standard InChI is InChI=1S/C22H23NO3.2C19H19NO.C16H15NO.C3H5BrO2/c1-4-8-18-11-12-20-19(22(18)26-15-21(24)25-3)13-16(2)23(20)14-17-9-6-5-7-10-17;1-3-12-21-19-11-7-10-18-17(19)13-15(2)20(18)14-16-8-5-4-6-9-16;1-3-7-16-10-11-18-17(19(16)21)12-14(2)20(18)13-15-8-5-4-6-9-15;1-12-10-14-15(8-5-9-16(14)18)17(12)11-13-6-3-2-4-7-13;1-6-3(5)2-4/h4-7,9-13H,1,8,14-15H2,2-3H3;3-11,13H,1,12,14H2,2H3;3-6,8-12,21H,1,7,13H2,2H3;2-10,18H,11H2,1H3;2H2,1H3.